The maximum absolute atomic E-state index is 11.7. The standard InChI is InChI=1S/C20H27NO4/c1-5-24-20-18(21-11-13(2)25-14(3)12-21)9-16(10-19(20)23-4)15-6-7-17(22)8-15/h8-10,13-14H,5-7,11-12H2,1-4H3. The highest BCUT2D eigenvalue weighted by Gasteiger charge is 2.27. The number of rotatable bonds is 5. The second-order valence-corrected chi connectivity index (χ2v) is 6.76. The highest BCUT2D eigenvalue weighted by atomic mass is 16.5. The molecule has 136 valence electrons. The molecule has 25 heavy (non-hydrogen) atoms. The third-order valence-electron chi connectivity index (χ3n) is 4.65. The molecule has 5 nitrogen and oxygen atoms in total. The molecule has 0 N–H and O–H groups in total. The van der Waals surface area contributed by atoms with Crippen LogP contribution in [0.4, 0.5) is 5.69 Å². The molecule has 1 aliphatic heterocycles. The molecule has 1 fully saturated rings. The van der Waals surface area contributed by atoms with E-state index in [4.69, 9.17) is 14.2 Å². The van der Waals surface area contributed by atoms with Crippen LogP contribution in [0, 0.1) is 0 Å². The molecule has 1 aromatic carbocycles. The lowest BCUT2D eigenvalue weighted by molar-refractivity contribution is -0.114. The lowest BCUT2D eigenvalue weighted by Crippen LogP contribution is -2.45. The highest BCUT2D eigenvalue weighted by molar-refractivity contribution is 6.02. The monoisotopic (exact) mass is 345 g/mol. The van der Waals surface area contributed by atoms with E-state index in [1.54, 1.807) is 13.2 Å². The topological polar surface area (TPSA) is 48.0 Å². The van der Waals surface area contributed by atoms with E-state index in [2.05, 4.69) is 24.8 Å². The lowest BCUT2D eigenvalue weighted by Gasteiger charge is -2.38. The Bertz CT molecular complexity index is 673. The fourth-order valence-electron chi connectivity index (χ4n) is 3.65. The zero-order valence-electron chi connectivity index (χ0n) is 15.5. The van der Waals surface area contributed by atoms with Crippen LogP contribution in [0.3, 0.4) is 0 Å². The number of anilines is 1. The van der Waals surface area contributed by atoms with Gasteiger partial charge >= 0.3 is 0 Å². The summed E-state index contributed by atoms with van der Waals surface area (Å²) in [5, 5.41) is 0. The van der Waals surface area contributed by atoms with Crippen molar-refractivity contribution in [3.8, 4) is 11.5 Å². The summed E-state index contributed by atoms with van der Waals surface area (Å²) in [6.07, 6.45) is 3.43. The number of nitrogens with zero attached hydrogens (tertiary/aromatic N) is 1. The molecule has 2 aliphatic rings. The molecule has 3 rings (SSSR count). The Kier molecular flexibility index (Phi) is 5.33. The first-order chi connectivity index (χ1) is 12.0. The van der Waals surface area contributed by atoms with E-state index in [0.29, 0.717) is 18.8 Å². The van der Waals surface area contributed by atoms with E-state index >= 15 is 0 Å². The van der Waals surface area contributed by atoms with Gasteiger partial charge in [0, 0.05) is 19.5 Å². The normalized spacial score (nSPS) is 23.6. The van der Waals surface area contributed by atoms with Crippen molar-refractivity contribution in [2.45, 2.75) is 45.8 Å². The van der Waals surface area contributed by atoms with Crippen LogP contribution in [0.5, 0.6) is 11.5 Å². The number of methoxy groups -OCH3 is 1. The first-order valence-electron chi connectivity index (χ1n) is 9.00. The number of hydrogen-bond acceptors (Lipinski definition) is 5. The van der Waals surface area contributed by atoms with Crippen LogP contribution in [0.25, 0.3) is 5.57 Å². The van der Waals surface area contributed by atoms with Crippen molar-refractivity contribution in [2.75, 3.05) is 31.7 Å². The number of morpholine rings is 1. The van der Waals surface area contributed by atoms with Gasteiger partial charge in [0.05, 0.1) is 31.6 Å². The number of carbonyl (C=O) groups excluding carboxylic acids is 1. The molecule has 5 heteroatoms. The molecule has 0 spiro atoms. The number of allylic oxidation sites excluding steroid dienone is 2. The predicted octanol–water partition coefficient (Wildman–Crippen LogP) is 3.45. The van der Waals surface area contributed by atoms with Gasteiger partial charge in [-0.25, -0.2) is 0 Å². The van der Waals surface area contributed by atoms with Gasteiger partial charge in [-0.05, 0) is 56.5 Å². The summed E-state index contributed by atoms with van der Waals surface area (Å²) >= 11 is 0. The van der Waals surface area contributed by atoms with Gasteiger partial charge in [0.25, 0.3) is 0 Å². The van der Waals surface area contributed by atoms with Crippen LogP contribution in [0.2, 0.25) is 0 Å². The fraction of sp³-hybridized carbons (Fsp3) is 0.550. The first-order valence-corrected chi connectivity index (χ1v) is 9.00. The molecule has 0 saturated carbocycles. The maximum Gasteiger partial charge on any atom is 0.184 e. The molecule has 0 aromatic heterocycles. The Morgan fingerprint density at radius 1 is 1.20 bits per heavy atom. The van der Waals surface area contributed by atoms with Gasteiger partial charge in [-0.15, -0.1) is 0 Å². The maximum atomic E-state index is 11.7. The van der Waals surface area contributed by atoms with Crippen LogP contribution in [0.15, 0.2) is 18.2 Å². The summed E-state index contributed by atoms with van der Waals surface area (Å²) in [4.78, 5) is 14.0. The fourth-order valence-corrected chi connectivity index (χ4v) is 3.65. The van der Waals surface area contributed by atoms with Crippen molar-refractivity contribution < 1.29 is 19.0 Å². The van der Waals surface area contributed by atoms with Crippen LogP contribution in [-0.4, -0.2) is 44.8 Å². The average molecular weight is 345 g/mol. The largest absolute Gasteiger partial charge is 0.493 e. The summed E-state index contributed by atoms with van der Waals surface area (Å²) in [5.74, 6) is 1.67. The SMILES string of the molecule is CCOc1c(OC)cc(C2=CC(=O)CC2)cc1N1CC(C)OC(C)C1. The number of ether oxygens (including phenoxy) is 3. The van der Waals surface area contributed by atoms with Crippen molar-refractivity contribution in [2.24, 2.45) is 0 Å². The molecule has 1 aromatic rings. The van der Waals surface area contributed by atoms with Crippen LogP contribution < -0.4 is 14.4 Å². The Morgan fingerprint density at radius 2 is 1.92 bits per heavy atom. The van der Waals surface area contributed by atoms with Crippen molar-refractivity contribution >= 4 is 17.0 Å². The minimum Gasteiger partial charge on any atom is -0.493 e. The van der Waals surface area contributed by atoms with E-state index in [1.807, 2.05) is 13.0 Å². The van der Waals surface area contributed by atoms with E-state index in [1.165, 1.54) is 0 Å². The van der Waals surface area contributed by atoms with Crippen LogP contribution in [0.1, 0.15) is 39.2 Å². The van der Waals surface area contributed by atoms with Crippen molar-refractivity contribution in [1.82, 2.24) is 0 Å². The zero-order valence-corrected chi connectivity index (χ0v) is 15.5. The van der Waals surface area contributed by atoms with Crippen molar-refractivity contribution in [3.63, 3.8) is 0 Å². The van der Waals surface area contributed by atoms with Crippen molar-refractivity contribution in [1.29, 1.82) is 0 Å². The summed E-state index contributed by atoms with van der Waals surface area (Å²) < 4.78 is 17.4. The summed E-state index contributed by atoms with van der Waals surface area (Å²) in [7, 11) is 1.66. The first kappa shape index (κ1) is 17.8. The van der Waals surface area contributed by atoms with Gasteiger partial charge < -0.3 is 19.1 Å². The van der Waals surface area contributed by atoms with Gasteiger partial charge in [0.2, 0.25) is 0 Å². The highest BCUT2D eigenvalue weighted by Crippen LogP contribution is 2.43. The van der Waals surface area contributed by atoms with E-state index < -0.39 is 0 Å². The van der Waals surface area contributed by atoms with Gasteiger partial charge in [-0.2, -0.15) is 0 Å². The molecule has 1 aliphatic carbocycles. The van der Waals surface area contributed by atoms with Gasteiger partial charge in [0.1, 0.15) is 0 Å². The summed E-state index contributed by atoms with van der Waals surface area (Å²) in [5.41, 5.74) is 3.12. The minimum absolute atomic E-state index is 0.153. The molecule has 2 unspecified atom stereocenters. The molecule has 0 bridgehead atoms. The van der Waals surface area contributed by atoms with Gasteiger partial charge in [0.15, 0.2) is 17.3 Å². The Morgan fingerprint density at radius 3 is 2.48 bits per heavy atom. The molecule has 0 radical (unpaired) electrons. The van der Waals surface area contributed by atoms with Crippen LogP contribution >= 0.6 is 0 Å². The van der Waals surface area contributed by atoms with Gasteiger partial charge in [-0.3, -0.25) is 4.79 Å². The smallest absolute Gasteiger partial charge is 0.184 e. The summed E-state index contributed by atoms with van der Waals surface area (Å²) in [6, 6.07) is 4.11. The second-order valence-electron chi connectivity index (χ2n) is 6.76. The number of benzene rings is 1. The van der Waals surface area contributed by atoms with E-state index in [9.17, 15) is 4.79 Å². The lowest BCUT2D eigenvalue weighted by atomic mass is 10.0. The number of hydrogen-bond donors (Lipinski definition) is 0. The third-order valence-corrected chi connectivity index (χ3v) is 4.65. The average Bonchev–Trinajstić information content (AvgIpc) is 3.00. The molecule has 0 amide bonds. The Labute approximate surface area is 149 Å². The number of carbonyl (C=O) groups is 1. The van der Waals surface area contributed by atoms with Gasteiger partial charge in [-0.1, -0.05) is 0 Å². The quantitative estimate of drug-likeness (QED) is 0.818. The Balaban J connectivity index is 2.06. The minimum atomic E-state index is 0.153. The van der Waals surface area contributed by atoms with E-state index in [-0.39, 0.29) is 18.0 Å². The second kappa shape index (κ2) is 7.48. The van der Waals surface area contributed by atoms with Crippen LogP contribution in [-0.2, 0) is 9.53 Å². The number of ketones is 1. The third kappa shape index (κ3) is 3.82. The molecular weight excluding hydrogens is 318 g/mol. The molecule has 1 saturated heterocycles. The zero-order chi connectivity index (χ0) is 18.0. The van der Waals surface area contributed by atoms with E-state index in [0.717, 1.165) is 42.1 Å². The molecule has 1 heterocycles. The summed E-state index contributed by atoms with van der Waals surface area (Å²) in [6.45, 7) is 8.31. The molecule has 2 atom stereocenters. The predicted molar refractivity (Wildman–Crippen MR) is 98.6 cm³/mol. The Hall–Kier alpha value is -2.01. The van der Waals surface area contributed by atoms with Crippen molar-refractivity contribution in [3.05, 3.63) is 23.8 Å². The molecular formula is C20H27NO4.